The van der Waals surface area contributed by atoms with Gasteiger partial charge in [0.05, 0.1) is 7.11 Å². The smallest absolute Gasteiger partial charge is 0.126 e. The number of hydrogen-bond donors (Lipinski definition) is 1. The lowest BCUT2D eigenvalue weighted by Crippen LogP contribution is -2.21. The molecule has 0 aliphatic rings. The number of rotatable bonds is 6. The van der Waals surface area contributed by atoms with Crippen molar-refractivity contribution < 1.29 is 4.74 Å². The molecule has 0 saturated heterocycles. The van der Waals surface area contributed by atoms with Crippen LogP contribution in [0.5, 0.6) is 5.75 Å². The van der Waals surface area contributed by atoms with Crippen molar-refractivity contribution in [3.63, 3.8) is 0 Å². The lowest BCUT2D eigenvalue weighted by atomic mass is 10.1. The molecule has 1 aromatic carbocycles. The van der Waals surface area contributed by atoms with E-state index in [9.17, 15) is 0 Å². The summed E-state index contributed by atoms with van der Waals surface area (Å²) in [5.41, 5.74) is 7.70. The van der Waals surface area contributed by atoms with E-state index in [2.05, 4.69) is 11.9 Å². The second kappa shape index (κ2) is 6.84. The van der Waals surface area contributed by atoms with Gasteiger partial charge in [0.15, 0.2) is 0 Å². The molecule has 0 aromatic heterocycles. The largest absolute Gasteiger partial charge is 0.496 e. The van der Waals surface area contributed by atoms with Crippen molar-refractivity contribution in [3.8, 4) is 5.75 Å². The summed E-state index contributed by atoms with van der Waals surface area (Å²) in [5.74, 6) is 0.925. The van der Waals surface area contributed by atoms with Gasteiger partial charge in [0.25, 0.3) is 0 Å². The van der Waals surface area contributed by atoms with Crippen molar-refractivity contribution in [1.29, 1.82) is 0 Å². The summed E-state index contributed by atoms with van der Waals surface area (Å²) in [6.07, 6.45) is 0.998. The van der Waals surface area contributed by atoms with Gasteiger partial charge in [-0.05, 0) is 51.2 Å². The summed E-state index contributed by atoms with van der Waals surface area (Å²) in [5, 5.41) is 0.755. The van der Waals surface area contributed by atoms with Gasteiger partial charge in [0, 0.05) is 17.1 Å². The van der Waals surface area contributed by atoms with Gasteiger partial charge in [-0.2, -0.15) is 0 Å². The number of ether oxygens (including phenoxy) is 1. The van der Waals surface area contributed by atoms with E-state index >= 15 is 0 Å². The number of halogens is 1. The van der Waals surface area contributed by atoms with E-state index in [1.807, 2.05) is 19.1 Å². The fraction of sp³-hybridized carbons (Fsp3) is 0.538. The molecule has 17 heavy (non-hydrogen) atoms. The van der Waals surface area contributed by atoms with Crippen LogP contribution in [0.2, 0.25) is 5.02 Å². The van der Waals surface area contributed by atoms with Gasteiger partial charge in [0.2, 0.25) is 0 Å². The first-order valence-electron chi connectivity index (χ1n) is 5.80. The first kappa shape index (κ1) is 14.3. The van der Waals surface area contributed by atoms with Crippen LogP contribution >= 0.6 is 11.6 Å². The van der Waals surface area contributed by atoms with Crippen LogP contribution < -0.4 is 10.5 Å². The van der Waals surface area contributed by atoms with Crippen molar-refractivity contribution in [1.82, 2.24) is 4.90 Å². The van der Waals surface area contributed by atoms with Crippen LogP contribution in [0.25, 0.3) is 0 Å². The average molecular weight is 257 g/mol. The van der Waals surface area contributed by atoms with Gasteiger partial charge < -0.3 is 15.4 Å². The minimum Gasteiger partial charge on any atom is -0.496 e. The van der Waals surface area contributed by atoms with Crippen LogP contribution in [0, 0.1) is 6.92 Å². The molecule has 2 N–H and O–H groups in total. The van der Waals surface area contributed by atoms with E-state index in [0.29, 0.717) is 0 Å². The van der Waals surface area contributed by atoms with Crippen LogP contribution in [0.1, 0.15) is 17.5 Å². The van der Waals surface area contributed by atoms with Gasteiger partial charge in [-0.25, -0.2) is 0 Å². The number of methoxy groups -OCH3 is 1. The molecule has 0 amide bonds. The van der Waals surface area contributed by atoms with Crippen molar-refractivity contribution >= 4 is 11.6 Å². The second-order valence-electron chi connectivity index (χ2n) is 4.30. The molecule has 0 atom stereocenters. The Balaban J connectivity index is 2.81. The van der Waals surface area contributed by atoms with E-state index in [-0.39, 0.29) is 0 Å². The number of benzene rings is 1. The predicted molar refractivity (Wildman–Crippen MR) is 72.7 cm³/mol. The highest BCUT2D eigenvalue weighted by molar-refractivity contribution is 6.30. The summed E-state index contributed by atoms with van der Waals surface area (Å²) < 4.78 is 5.43. The predicted octanol–water partition coefficient (Wildman–Crippen LogP) is 2.44. The molecule has 1 aromatic rings. The maximum absolute atomic E-state index is 6.07. The molecule has 0 radical (unpaired) electrons. The monoisotopic (exact) mass is 256 g/mol. The van der Waals surface area contributed by atoms with Crippen molar-refractivity contribution in [2.45, 2.75) is 19.9 Å². The molecule has 1 rings (SSSR count). The van der Waals surface area contributed by atoms with Gasteiger partial charge in [-0.1, -0.05) is 11.6 Å². The lowest BCUT2D eigenvalue weighted by Gasteiger charge is -2.19. The van der Waals surface area contributed by atoms with Gasteiger partial charge in [0.1, 0.15) is 5.75 Å². The van der Waals surface area contributed by atoms with Gasteiger partial charge >= 0.3 is 0 Å². The quantitative estimate of drug-likeness (QED) is 0.850. The Morgan fingerprint density at radius 1 is 1.41 bits per heavy atom. The molecule has 0 bridgehead atoms. The van der Waals surface area contributed by atoms with Gasteiger partial charge in [-0.15, -0.1) is 0 Å². The Kier molecular flexibility index (Phi) is 5.75. The molecular formula is C13H21ClN2O. The summed E-state index contributed by atoms with van der Waals surface area (Å²) in [7, 11) is 3.77. The molecule has 0 spiro atoms. The zero-order chi connectivity index (χ0) is 12.8. The Morgan fingerprint density at radius 2 is 2.12 bits per heavy atom. The maximum atomic E-state index is 6.07. The van der Waals surface area contributed by atoms with Crippen molar-refractivity contribution in [2.24, 2.45) is 5.73 Å². The molecule has 96 valence electrons. The Bertz CT molecular complexity index is 369. The van der Waals surface area contributed by atoms with Crippen LogP contribution in [0.4, 0.5) is 0 Å². The van der Waals surface area contributed by atoms with Crippen LogP contribution in [-0.4, -0.2) is 32.1 Å². The molecule has 3 nitrogen and oxygen atoms in total. The highest BCUT2D eigenvalue weighted by Gasteiger charge is 2.10. The van der Waals surface area contributed by atoms with Crippen molar-refractivity contribution in [2.75, 3.05) is 27.2 Å². The number of hydrogen-bond acceptors (Lipinski definition) is 3. The molecule has 0 aliphatic heterocycles. The van der Waals surface area contributed by atoms with Crippen LogP contribution in [-0.2, 0) is 6.54 Å². The standard InChI is InChI=1S/C13H21ClN2O/c1-10-7-12(14)8-11(13(10)17-3)9-16(2)6-4-5-15/h7-8H,4-6,9,15H2,1-3H3. The number of nitrogens with zero attached hydrogens (tertiary/aromatic N) is 1. The minimum atomic E-state index is 0.718. The van der Waals surface area contributed by atoms with E-state index in [4.69, 9.17) is 22.1 Å². The van der Waals surface area contributed by atoms with Crippen LogP contribution in [0.15, 0.2) is 12.1 Å². The third-order valence-corrected chi connectivity index (χ3v) is 2.92. The van der Waals surface area contributed by atoms with E-state index in [0.717, 1.165) is 48.0 Å². The van der Waals surface area contributed by atoms with E-state index in [1.54, 1.807) is 7.11 Å². The SMILES string of the molecule is COc1c(C)cc(Cl)cc1CN(C)CCCN. The fourth-order valence-electron chi connectivity index (χ4n) is 1.94. The van der Waals surface area contributed by atoms with Crippen molar-refractivity contribution in [3.05, 3.63) is 28.3 Å². The highest BCUT2D eigenvalue weighted by atomic mass is 35.5. The van der Waals surface area contributed by atoms with Gasteiger partial charge in [-0.3, -0.25) is 0 Å². The third kappa shape index (κ3) is 4.19. The molecule has 0 saturated carbocycles. The molecule has 0 unspecified atom stereocenters. The average Bonchev–Trinajstić information content (AvgIpc) is 2.25. The topological polar surface area (TPSA) is 38.5 Å². The lowest BCUT2D eigenvalue weighted by molar-refractivity contribution is 0.314. The third-order valence-electron chi connectivity index (χ3n) is 2.70. The molecule has 4 heteroatoms. The van der Waals surface area contributed by atoms with E-state index < -0.39 is 0 Å². The normalized spacial score (nSPS) is 10.9. The molecule has 0 heterocycles. The molecule has 0 aliphatic carbocycles. The summed E-state index contributed by atoms with van der Waals surface area (Å²) >= 11 is 6.07. The zero-order valence-corrected chi connectivity index (χ0v) is 11.5. The summed E-state index contributed by atoms with van der Waals surface area (Å²) in [4.78, 5) is 2.22. The van der Waals surface area contributed by atoms with E-state index in [1.165, 1.54) is 0 Å². The van der Waals surface area contributed by atoms with Crippen LogP contribution in [0.3, 0.4) is 0 Å². The first-order chi connectivity index (χ1) is 8.08. The zero-order valence-electron chi connectivity index (χ0n) is 10.8. The Labute approximate surface area is 109 Å². The fourth-order valence-corrected chi connectivity index (χ4v) is 2.24. The maximum Gasteiger partial charge on any atom is 0.126 e. The number of nitrogens with two attached hydrogens (primary N) is 1. The Hall–Kier alpha value is -0.770. The molecular weight excluding hydrogens is 236 g/mol. The highest BCUT2D eigenvalue weighted by Crippen LogP contribution is 2.28. The Morgan fingerprint density at radius 3 is 2.71 bits per heavy atom. The minimum absolute atomic E-state index is 0.718. The summed E-state index contributed by atoms with van der Waals surface area (Å²) in [6.45, 7) is 4.53. The second-order valence-corrected chi connectivity index (χ2v) is 4.73. The first-order valence-corrected chi connectivity index (χ1v) is 6.18. The molecule has 0 fully saturated rings. The summed E-state index contributed by atoms with van der Waals surface area (Å²) in [6, 6.07) is 3.89. The number of aryl methyl sites for hydroxylation is 1.